The summed E-state index contributed by atoms with van der Waals surface area (Å²) in [5, 5.41) is 12.9. The molecule has 2 aliphatic rings. The zero-order valence-electron chi connectivity index (χ0n) is 20.0. The van der Waals surface area contributed by atoms with Crippen molar-refractivity contribution in [3.8, 4) is 17.2 Å². The van der Waals surface area contributed by atoms with Crippen LogP contribution in [-0.2, 0) is 4.79 Å². The molecule has 1 aliphatic carbocycles. The van der Waals surface area contributed by atoms with E-state index in [0.717, 1.165) is 19.3 Å². The summed E-state index contributed by atoms with van der Waals surface area (Å²) in [6.45, 7) is 2.41. The summed E-state index contributed by atoms with van der Waals surface area (Å²) in [6, 6.07) is 18.9. The zero-order chi connectivity index (χ0) is 25.2. The molecule has 0 saturated heterocycles. The van der Waals surface area contributed by atoms with Gasteiger partial charge < -0.3 is 19.9 Å². The van der Waals surface area contributed by atoms with Crippen molar-refractivity contribution in [3.05, 3.63) is 87.9 Å². The minimum absolute atomic E-state index is 0.101. The Bertz CT molecular complexity index is 1270. The summed E-state index contributed by atoms with van der Waals surface area (Å²) in [6.07, 6.45) is 3.37. The lowest BCUT2D eigenvalue weighted by Crippen LogP contribution is -2.32. The van der Waals surface area contributed by atoms with Gasteiger partial charge in [-0.05, 0) is 74.4 Å². The Morgan fingerprint density at radius 1 is 1.03 bits per heavy atom. The minimum Gasteiger partial charge on any atom is -0.493 e. The first kappa shape index (κ1) is 24.2. The van der Waals surface area contributed by atoms with Crippen LogP contribution in [0.15, 0.2) is 60.7 Å². The van der Waals surface area contributed by atoms with Crippen molar-refractivity contribution < 1.29 is 24.2 Å². The molecule has 186 valence electrons. The van der Waals surface area contributed by atoms with E-state index in [4.69, 9.17) is 21.1 Å². The van der Waals surface area contributed by atoms with Gasteiger partial charge in [-0.15, -0.1) is 0 Å². The van der Waals surface area contributed by atoms with Crippen LogP contribution in [0.3, 0.4) is 0 Å². The molecule has 1 saturated carbocycles. The van der Waals surface area contributed by atoms with Gasteiger partial charge in [0.1, 0.15) is 17.2 Å². The summed E-state index contributed by atoms with van der Waals surface area (Å²) >= 11 is 6.38. The Morgan fingerprint density at radius 2 is 1.78 bits per heavy atom. The second-order valence-corrected chi connectivity index (χ2v) is 9.97. The van der Waals surface area contributed by atoms with Crippen LogP contribution in [-0.4, -0.2) is 29.6 Å². The second-order valence-electron chi connectivity index (χ2n) is 9.57. The summed E-state index contributed by atoms with van der Waals surface area (Å²) < 4.78 is 11.6. The predicted molar refractivity (Wildman–Crippen MR) is 137 cm³/mol. The van der Waals surface area contributed by atoms with Gasteiger partial charge in [-0.2, -0.15) is 0 Å². The quantitative estimate of drug-likeness (QED) is 0.401. The first-order valence-corrected chi connectivity index (χ1v) is 12.6. The highest BCUT2D eigenvalue weighted by Crippen LogP contribution is 2.42. The van der Waals surface area contributed by atoms with Gasteiger partial charge in [0.25, 0.3) is 5.91 Å². The number of aryl methyl sites for hydroxylation is 1. The molecule has 2 N–H and O–H groups in total. The van der Waals surface area contributed by atoms with Crippen LogP contribution in [0.25, 0.3) is 0 Å². The first-order chi connectivity index (χ1) is 17.4. The predicted octanol–water partition coefficient (Wildman–Crippen LogP) is 6.46. The number of hydrogen-bond acceptors (Lipinski definition) is 4. The smallest absolute Gasteiger partial charge is 0.311 e. The SMILES string of the molecule is Cc1ccc(C2CCC(NC(=O)c3ccc(Oc4cc5c(cc4Cl)C(C(=O)O)CCO5)cc3)C2)cc1. The maximum atomic E-state index is 12.8. The number of carbonyl (C=O) groups excluding carboxylic acids is 1. The van der Waals surface area contributed by atoms with E-state index in [1.165, 1.54) is 11.1 Å². The molecule has 3 unspecified atom stereocenters. The molecule has 1 amide bonds. The number of fused-ring (bicyclic) bond motifs is 1. The molecule has 5 rings (SSSR count). The number of benzene rings is 3. The third-order valence-electron chi connectivity index (χ3n) is 7.06. The molecule has 0 radical (unpaired) electrons. The number of halogens is 1. The molecule has 7 heteroatoms. The standard InChI is InChI=1S/C29H28ClNO5/c1-17-2-4-18(5-3-17)20-6-9-21(14-20)31-28(32)19-7-10-22(11-8-19)36-27-16-26-24(15-25(27)30)23(29(33)34)12-13-35-26/h2-5,7-8,10-11,15-16,20-21,23H,6,9,12-14H2,1H3,(H,31,32)(H,33,34). The van der Waals surface area contributed by atoms with E-state index in [1.807, 2.05) is 0 Å². The molecular formula is C29H28ClNO5. The van der Waals surface area contributed by atoms with Crippen LogP contribution >= 0.6 is 11.6 Å². The molecule has 36 heavy (non-hydrogen) atoms. The third kappa shape index (κ3) is 5.19. The van der Waals surface area contributed by atoms with Gasteiger partial charge >= 0.3 is 5.97 Å². The Labute approximate surface area is 215 Å². The molecule has 0 aromatic heterocycles. The van der Waals surface area contributed by atoms with E-state index >= 15 is 0 Å². The van der Waals surface area contributed by atoms with Gasteiger partial charge in [0.2, 0.25) is 0 Å². The molecular weight excluding hydrogens is 478 g/mol. The Hall–Kier alpha value is -3.51. The van der Waals surface area contributed by atoms with E-state index in [1.54, 1.807) is 36.4 Å². The molecule has 0 spiro atoms. The van der Waals surface area contributed by atoms with Crippen molar-refractivity contribution >= 4 is 23.5 Å². The monoisotopic (exact) mass is 505 g/mol. The fourth-order valence-corrected chi connectivity index (χ4v) is 5.26. The average Bonchev–Trinajstić information content (AvgIpc) is 3.33. The van der Waals surface area contributed by atoms with Crippen molar-refractivity contribution in [1.29, 1.82) is 0 Å². The summed E-state index contributed by atoms with van der Waals surface area (Å²) in [7, 11) is 0. The van der Waals surface area contributed by atoms with Gasteiger partial charge in [0, 0.05) is 23.2 Å². The summed E-state index contributed by atoms with van der Waals surface area (Å²) in [4.78, 5) is 24.4. The Kier molecular flexibility index (Phi) is 6.88. The first-order valence-electron chi connectivity index (χ1n) is 12.2. The molecule has 3 aromatic carbocycles. The number of nitrogens with one attached hydrogen (secondary N) is 1. The van der Waals surface area contributed by atoms with Crippen LogP contribution in [0.4, 0.5) is 0 Å². The number of ether oxygens (including phenoxy) is 2. The van der Waals surface area contributed by atoms with E-state index in [2.05, 4.69) is 36.5 Å². The van der Waals surface area contributed by atoms with Gasteiger partial charge in [-0.25, -0.2) is 0 Å². The number of carbonyl (C=O) groups is 2. The molecule has 1 heterocycles. The number of hydrogen-bond donors (Lipinski definition) is 2. The van der Waals surface area contributed by atoms with Crippen molar-refractivity contribution in [2.75, 3.05) is 6.61 Å². The van der Waals surface area contributed by atoms with Crippen molar-refractivity contribution in [2.24, 2.45) is 0 Å². The lowest BCUT2D eigenvalue weighted by Gasteiger charge is -2.24. The Morgan fingerprint density at radius 3 is 2.50 bits per heavy atom. The lowest BCUT2D eigenvalue weighted by atomic mass is 9.93. The van der Waals surface area contributed by atoms with E-state index in [9.17, 15) is 14.7 Å². The fraction of sp³-hybridized carbons (Fsp3) is 0.310. The molecule has 6 nitrogen and oxygen atoms in total. The average molecular weight is 506 g/mol. The largest absolute Gasteiger partial charge is 0.493 e. The highest BCUT2D eigenvalue weighted by molar-refractivity contribution is 6.32. The molecule has 0 bridgehead atoms. The Balaban J connectivity index is 1.21. The van der Waals surface area contributed by atoms with Gasteiger partial charge in [-0.3, -0.25) is 9.59 Å². The number of carboxylic acids is 1. The molecule has 1 aliphatic heterocycles. The maximum Gasteiger partial charge on any atom is 0.311 e. The van der Waals surface area contributed by atoms with Crippen LogP contribution in [0.2, 0.25) is 5.02 Å². The van der Waals surface area contributed by atoms with Crippen LogP contribution in [0.1, 0.15) is 64.6 Å². The summed E-state index contributed by atoms with van der Waals surface area (Å²) in [5.41, 5.74) is 3.70. The van der Waals surface area contributed by atoms with Gasteiger partial charge in [-0.1, -0.05) is 41.4 Å². The zero-order valence-corrected chi connectivity index (χ0v) is 20.8. The van der Waals surface area contributed by atoms with Gasteiger partial charge in [0.05, 0.1) is 17.5 Å². The number of carboxylic acid groups (broad SMARTS) is 1. The molecule has 1 fully saturated rings. The molecule has 3 atom stereocenters. The highest BCUT2D eigenvalue weighted by Gasteiger charge is 2.29. The van der Waals surface area contributed by atoms with E-state index < -0.39 is 11.9 Å². The van der Waals surface area contributed by atoms with Crippen molar-refractivity contribution in [1.82, 2.24) is 5.32 Å². The van der Waals surface area contributed by atoms with Crippen molar-refractivity contribution in [3.63, 3.8) is 0 Å². The number of rotatable bonds is 6. The normalized spacial score (nSPS) is 20.8. The number of amides is 1. The third-order valence-corrected chi connectivity index (χ3v) is 7.36. The van der Waals surface area contributed by atoms with Crippen molar-refractivity contribution in [2.45, 2.75) is 50.5 Å². The van der Waals surface area contributed by atoms with E-state index in [0.29, 0.717) is 52.3 Å². The lowest BCUT2D eigenvalue weighted by molar-refractivity contribution is -0.139. The van der Waals surface area contributed by atoms with Gasteiger partial charge in [0.15, 0.2) is 0 Å². The minimum atomic E-state index is -0.901. The van der Waals surface area contributed by atoms with Crippen LogP contribution in [0.5, 0.6) is 17.2 Å². The van der Waals surface area contributed by atoms with Crippen LogP contribution in [0, 0.1) is 6.92 Å². The van der Waals surface area contributed by atoms with E-state index in [-0.39, 0.29) is 11.9 Å². The molecule has 3 aromatic rings. The topological polar surface area (TPSA) is 84.9 Å². The highest BCUT2D eigenvalue weighted by atomic mass is 35.5. The maximum absolute atomic E-state index is 12.8. The van der Waals surface area contributed by atoms with Crippen LogP contribution < -0.4 is 14.8 Å². The summed E-state index contributed by atoms with van der Waals surface area (Å²) in [5.74, 6) is 0.168. The number of aliphatic carboxylic acids is 1. The fourth-order valence-electron chi connectivity index (χ4n) is 5.05. The second kappa shape index (κ2) is 10.2.